The van der Waals surface area contributed by atoms with Crippen molar-refractivity contribution in [2.45, 2.75) is 32.7 Å². The van der Waals surface area contributed by atoms with E-state index in [1.54, 1.807) is 6.07 Å². The minimum atomic E-state index is -0.298. The summed E-state index contributed by atoms with van der Waals surface area (Å²) in [4.78, 5) is 0. The summed E-state index contributed by atoms with van der Waals surface area (Å²) in [6.45, 7) is 2.43. The second-order valence-corrected chi connectivity index (χ2v) is 4.81. The standard InChI is InChI=1S/C17H20FNO/c1-2-3-4-13-5-8-16(9-6-13)20-17-10-7-15(18)11-14(17)12-19/h5-11H,2-4,12,19H2,1H3. The molecule has 3 heteroatoms. The van der Waals surface area contributed by atoms with Crippen molar-refractivity contribution in [3.05, 3.63) is 59.4 Å². The van der Waals surface area contributed by atoms with Gasteiger partial charge in [0.25, 0.3) is 0 Å². The van der Waals surface area contributed by atoms with E-state index in [1.807, 2.05) is 12.1 Å². The van der Waals surface area contributed by atoms with Crippen LogP contribution in [-0.4, -0.2) is 0 Å². The van der Waals surface area contributed by atoms with Crippen LogP contribution >= 0.6 is 0 Å². The monoisotopic (exact) mass is 273 g/mol. The molecule has 0 unspecified atom stereocenters. The smallest absolute Gasteiger partial charge is 0.132 e. The van der Waals surface area contributed by atoms with Crippen LogP contribution in [0.2, 0.25) is 0 Å². The lowest BCUT2D eigenvalue weighted by Gasteiger charge is -2.10. The highest BCUT2D eigenvalue weighted by molar-refractivity contribution is 5.38. The van der Waals surface area contributed by atoms with Gasteiger partial charge in [0.05, 0.1) is 0 Å². The van der Waals surface area contributed by atoms with Gasteiger partial charge in [0.2, 0.25) is 0 Å². The molecule has 0 heterocycles. The van der Waals surface area contributed by atoms with E-state index >= 15 is 0 Å². The summed E-state index contributed by atoms with van der Waals surface area (Å²) in [5, 5.41) is 0. The molecule has 106 valence electrons. The van der Waals surface area contributed by atoms with Gasteiger partial charge in [-0.3, -0.25) is 0 Å². The normalized spacial score (nSPS) is 10.6. The van der Waals surface area contributed by atoms with E-state index in [-0.39, 0.29) is 12.4 Å². The largest absolute Gasteiger partial charge is 0.457 e. The van der Waals surface area contributed by atoms with Gasteiger partial charge in [-0.05, 0) is 48.7 Å². The summed E-state index contributed by atoms with van der Waals surface area (Å²) >= 11 is 0. The number of ether oxygens (including phenoxy) is 1. The zero-order valence-corrected chi connectivity index (χ0v) is 11.7. The van der Waals surface area contributed by atoms with Crippen molar-refractivity contribution in [2.24, 2.45) is 5.73 Å². The average molecular weight is 273 g/mol. The predicted molar refractivity (Wildman–Crippen MR) is 79.4 cm³/mol. The average Bonchev–Trinajstić information content (AvgIpc) is 2.48. The quantitative estimate of drug-likeness (QED) is 0.845. The van der Waals surface area contributed by atoms with E-state index < -0.39 is 0 Å². The summed E-state index contributed by atoms with van der Waals surface area (Å²) in [5.74, 6) is 1.05. The van der Waals surface area contributed by atoms with Gasteiger partial charge >= 0.3 is 0 Å². The number of aryl methyl sites for hydroxylation is 1. The number of unbranched alkanes of at least 4 members (excludes halogenated alkanes) is 1. The van der Waals surface area contributed by atoms with Gasteiger partial charge in [0.1, 0.15) is 17.3 Å². The lowest BCUT2D eigenvalue weighted by atomic mass is 10.1. The van der Waals surface area contributed by atoms with E-state index in [2.05, 4.69) is 19.1 Å². The Balaban J connectivity index is 2.10. The molecule has 2 nitrogen and oxygen atoms in total. The molecule has 0 saturated carbocycles. The molecule has 0 spiro atoms. The minimum absolute atomic E-state index is 0.252. The Kier molecular flexibility index (Phi) is 5.13. The molecule has 20 heavy (non-hydrogen) atoms. The molecule has 0 aliphatic rings. The van der Waals surface area contributed by atoms with Crippen LogP contribution in [0.3, 0.4) is 0 Å². The molecule has 2 N–H and O–H groups in total. The summed E-state index contributed by atoms with van der Waals surface area (Å²) in [5.41, 5.74) is 7.58. The third kappa shape index (κ3) is 3.81. The van der Waals surface area contributed by atoms with Crippen LogP contribution in [0.5, 0.6) is 11.5 Å². The van der Waals surface area contributed by atoms with E-state index in [9.17, 15) is 4.39 Å². The molecular formula is C17H20FNO. The molecule has 2 aromatic rings. The van der Waals surface area contributed by atoms with Crippen LogP contribution in [0.4, 0.5) is 4.39 Å². The van der Waals surface area contributed by atoms with E-state index in [4.69, 9.17) is 10.5 Å². The molecule has 0 amide bonds. The van der Waals surface area contributed by atoms with Crippen molar-refractivity contribution in [1.82, 2.24) is 0 Å². The van der Waals surface area contributed by atoms with Crippen molar-refractivity contribution in [3.63, 3.8) is 0 Å². The highest BCUT2D eigenvalue weighted by atomic mass is 19.1. The van der Waals surface area contributed by atoms with Crippen LogP contribution in [0.1, 0.15) is 30.9 Å². The van der Waals surface area contributed by atoms with Crippen molar-refractivity contribution >= 4 is 0 Å². The molecule has 0 aliphatic carbocycles. The number of benzene rings is 2. The first-order chi connectivity index (χ1) is 9.72. The number of hydrogen-bond donors (Lipinski definition) is 1. The van der Waals surface area contributed by atoms with Gasteiger partial charge in [0.15, 0.2) is 0 Å². The Labute approximate surface area is 119 Å². The van der Waals surface area contributed by atoms with Gasteiger partial charge in [0, 0.05) is 12.1 Å². The third-order valence-corrected chi connectivity index (χ3v) is 3.21. The summed E-state index contributed by atoms with van der Waals surface area (Å²) in [6.07, 6.45) is 3.46. The fourth-order valence-electron chi connectivity index (χ4n) is 2.04. The Morgan fingerprint density at radius 3 is 2.50 bits per heavy atom. The molecule has 0 fully saturated rings. The highest BCUT2D eigenvalue weighted by Gasteiger charge is 2.05. The SMILES string of the molecule is CCCCc1ccc(Oc2ccc(F)cc2CN)cc1. The fourth-order valence-corrected chi connectivity index (χ4v) is 2.04. The van der Waals surface area contributed by atoms with Gasteiger partial charge in [-0.2, -0.15) is 0 Å². The Hall–Kier alpha value is -1.87. The Morgan fingerprint density at radius 2 is 1.85 bits per heavy atom. The Morgan fingerprint density at radius 1 is 1.10 bits per heavy atom. The second-order valence-electron chi connectivity index (χ2n) is 4.81. The van der Waals surface area contributed by atoms with Crippen LogP contribution in [-0.2, 0) is 13.0 Å². The number of halogens is 1. The summed E-state index contributed by atoms with van der Waals surface area (Å²) < 4.78 is 18.9. The fraction of sp³-hybridized carbons (Fsp3) is 0.294. The summed E-state index contributed by atoms with van der Waals surface area (Å²) in [7, 11) is 0. The van der Waals surface area contributed by atoms with Crippen LogP contribution in [0, 0.1) is 5.82 Å². The molecule has 2 rings (SSSR count). The van der Waals surface area contributed by atoms with Gasteiger partial charge in [-0.1, -0.05) is 25.5 Å². The van der Waals surface area contributed by atoms with Crippen molar-refractivity contribution in [2.75, 3.05) is 0 Å². The highest BCUT2D eigenvalue weighted by Crippen LogP contribution is 2.26. The zero-order valence-electron chi connectivity index (χ0n) is 11.7. The molecule has 0 saturated heterocycles. The van der Waals surface area contributed by atoms with Crippen molar-refractivity contribution in [1.29, 1.82) is 0 Å². The van der Waals surface area contributed by atoms with Gasteiger partial charge < -0.3 is 10.5 Å². The van der Waals surface area contributed by atoms with Crippen molar-refractivity contribution in [3.8, 4) is 11.5 Å². The lowest BCUT2D eigenvalue weighted by Crippen LogP contribution is -2.00. The number of nitrogens with two attached hydrogens (primary N) is 1. The molecule has 0 radical (unpaired) electrons. The zero-order chi connectivity index (χ0) is 14.4. The van der Waals surface area contributed by atoms with Gasteiger partial charge in [-0.25, -0.2) is 4.39 Å². The molecule has 0 bridgehead atoms. The van der Waals surface area contributed by atoms with E-state index in [0.717, 1.165) is 12.2 Å². The molecule has 0 aromatic heterocycles. The Bertz CT molecular complexity index is 551. The predicted octanol–water partition coefficient (Wildman–Crippen LogP) is 4.42. The first-order valence-electron chi connectivity index (χ1n) is 6.98. The number of hydrogen-bond acceptors (Lipinski definition) is 2. The van der Waals surface area contributed by atoms with Crippen LogP contribution < -0.4 is 10.5 Å². The third-order valence-electron chi connectivity index (χ3n) is 3.21. The van der Waals surface area contributed by atoms with Gasteiger partial charge in [-0.15, -0.1) is 0 Å². The van der Waals surface area contributed by atoms with E-state index in [1.165, 1.54) is 30.5 Å². The first-order valence-corrected chi connectivity index (χ1v) is 6.98. The van der Waals surface area contributed by atoms with Crippen LogP contribution in [0.25, 0.3) is 0 Å². The van der Waals surface area contributed by atoms with Crippen LogP contribution in [0.15, 0.2) is 42.5 Å². The van der Waals surface area contributed by atoms with E-state index in [0.29, 0.717) is 11.3 Å². The molecule has 0 aliphatic heterocycles. The van der Waals surface area contributed by atoms with Crippen molar-refractivity contribution < 1.29 is 9.13 Å². The maximum atomic E-state index is 13.1. The molecular weight excluding hydrogens is 253 g/mol. The maximum Gasteiger partial charge on any atom is 0.132 e. The minimum Gasteiger partial charge on any atom is -0.457 e. The molecule has 0 atom stereocenters. The first kappa shape index (κ1) is 14.5. The second kappa shape index (κ2) is 7.06. The number of rotatable bonds is 6. The topological polar surface area (TPSA) is 35.2 Å². The molecule has 2 aromatic carbocycles. The lowest BCUT2D eigenvalue weighted by molar-refractivity contribution is 0.473. The maximum absolute atomic E-state index is 13.1. The summed E-state index contributed by atoms with van der Waals surface area (Å²) in [6, 6.07) is 12.4.